The molecule has 0 atom stereocenters. The number of amides is 2. The number of benzene rings is 1. The topological polar surface area (TPSA) is 114 Å². The fraction of sp³-hybridized carbons (Fsp3) is 0.182. The molecule has 0 spiro atoms. The van der Waals surface area contributed by atoms with Gasteiger partial charge in [-0.15, -0.1) is 0 Å². The van der Waals surface area contributed by atoms with Gasteiger partial charge in [-0.1, -0.05) is 12.1 Å². The maximum atomic E-state index is 13.3. The first-order valence-electron chi connectivity index (χ1n) is 9.81. The van der Waals surface area contributed by atoms with E-state index in [9.17, 15) is 14.0 Å². The Labute approximate surface area is 182 Å². The highest BCUT2D eigenvalue weighted by molar-refractivity contribution is 6.08. The van der Waals surface area contributed by atoms with Crippen LogP contribution in [0.2, 0.25) is 0 Å². The van der Waals surface area contributed by atoms with Crippen molar-refractivity contribution in [2.45, 2.75) is 20.0 Å². The summed E-state index contributed by atoms with van der Waals surface area (Å²) in [5.41, 5.74) is 5.14. The van der Waals surface area contributed by atoms with Crippen LogP contribution in [-0.2, 0) is 20.1 Å². The molecule has 3 heterocycles. The number of carbonyl (C=O) groups is 2. The Morgan fingerprint density at radius 1 is 1.16 bits per heavy atom. The van der Waals surface area contributed by atoms with Crippen molar-refractivity contribution >= 4 is 22.7 Å². The molecule has 3 aromatic heterocycles. The van der Waals surface area contributed by atoms with Crippen molar-refractivity contribution in [1.29, 1.82) is 0 Å². The molecule has 0 fully saturated rings. The number of aromatic nitrogens is 4. The molecule has 164 valence electrons. The molecule has 0 aliphatic rings. The SMILES string of the molecule is Cc1c(CNC(=O)c2cn(Cc3ccc(F)cc3)c3cnc(C(=O)NO)cc23)cnn1C. The minimum absolute atomic E-state index is 0.0308. The van der Waals surface area contributed by atoms with Crippen molar-refractivity contribution in [1.82, 2.24) is 30.1 Å². The van der Waals surface area contributed by atoms with Crippen molar-refractivity contribution in [2.75, 3.05) is 0 Å². The van der Waals surface area contributed by atoms with Crippen LogP contribution in [0.5, 0.6) is 0 Å². The molecule has 0 unspecified atom stereocenters. The molecule has 32 heavy (non-hydrogen) atoms. The number of fused-ring (bicyclic) bond motifs is 1. The molecule has 4 rings (SSSR count). The number of hydrogen-bond donors (Lipinski definition) is 3. The maximum absolute atomic E-state index is 13.3. The van der Waals surface area contributed by atoms with Gasteiger partial charge in [0.2, 0.25) is 0 Å². The smallest absolute Gasteiger partial charge is 0.293 e. The number of aryl methyl sites for hydroxylation is 1. The van der Waals surface area contributed by atoms with E-state index in [1.54, 1.807) is 39.3 Å². The summed E-state index contributed by atoms with van der Waals surface area (Å²) in [6, 6.07) is 7.51. The standard InChI is InChI=1S/C22H21FN6O3/c1-13-15(9-26-28(13)2)8-25-21(30)18-12-29(11-14-3-5-16(23)6-4-14)20-10-24-19(7-17(18)20)22(31)27-32/h3-7,9-10,12,32H,8,11H2,1-2H3,(H,25,30)(H,27,31). The normalized spacial score (nSPS) is 11.0. The van der Waals surface area contributed by atoms with E-state index >= 15 is 0 Å². The average molecular weight is 436 g/mol. The lowest BCUT2D eigenvalue weighted by Gasteiger charge is -2.06. The Morgan fingerprint density at radius 2 is 1.91 bits per heavy atom. The second-order valence-electron chi connectivity index (χ2n) is 7.39. The van der Waals surface area contributed by atoms with Gasteiger partial charge in [0.1, 0.15) is 11.5 Å². The van der Waals surface area contributed by atoms with Crippen LogP contribution in [0, 0.1) is 12.7 Å². The van der Waals surface area contributed by atoms with E-state index in [1.165, 1.54) is 24.4 Å². The van der Waals surface area contributed by atoms with Gasteiger partial charge in [-0.05, 0) is 30.7 Å². The second kappa shape index (κ2) is 8.60. The van der Waals surface area contributed by atoms with E-state index < -0.39 is 5.91 Å². The highest BCUT2D eigenvalue weighted by atomic mass is 19.1. The molecule has 0 saturated carbocycles. The van der Waals surface area contributed by atoms with Gasteiger partial charge in [0, 0.05) is 43.0 Å². The predicted octanol–water partition coefficient (Wildman–Crippen LogP) is 2.31. The first-order chi connectivity index (χ1) is 15.4. The number of rotatable bonds is 6. The Kier molecular flexibility index (Phi) is 5.69. The van der Waals surface area contributed by atoms with Crippen LogP contribution in [0.3, 0.4) is 0 Å². The third-order valence-corrected chi connectivity index (χ3v) is 5.39. The molecule has 0 aliphatic heterocycles. The lowest BCUT2D eigenvalue weighted by atomic mass is 10.1. The van der Waals surface area contributed by atoms with Crippen molar-refractivity contribution in [3.63, 3.8) is 0 Å². The molecular weight excluding hydrogens is 415 g/mol. The minimum atomic E-state index is -0.782. The van der Waals surface area contributed by atoms with Crippen LogP contribution in [0.25, 0.3) is 10.9 Å². The molecule has 0 bridgehead atoms. The van der Waals surface area contributed by atoms with Crippen LogP contribution in [0.4, 0.5) is 4.39 Å². The van der Waals surface area contributed by atoms with E-state index in [-0.39, 0.29) is 24.0 Å². The fourth-order valence-corrected chi connectivity index (χ4v) is 3.46. The zero-order chi connectivity index (χ0) is 22.8. The van der Waals surface area contributed by atoms with Crippen molar-refractivity contribution in [3.05, 3.63) is 82.8 Å². The molecule has 9 nitrogen and oxygen atoms in total. The number of hydrogen-bond acceptors (Lipinski definition) is 5. The maximum Gasteiger partial charge on any atom is 0.293 e. The monoisotopic (exact) mass is 436 g/mol. The van der Waals surface area contributed by atoms with Crippen molar-refractivity contribution in [2.24, 2.45) is 7.05 Å². The van der Waals surface area contributed by atoms with Crippen LogP contribution in [0.15, 0.2) is 48.9 Å². The molecule has 0 saturated heterocycles. The predicted molar refractivity (Wildman–Crippen MR) is 114 cm³/mol. The van der Waals surface area contributed by atoms with Crippen molar-refractivity contribution < 1.29 is 19.2 Å². The van der Waals surface area contributed by atoms with E-state index in [0.717, 1.165) is 16.8 Å². The molecular formula is C22H21FN6O3. The van der Waals surface area contributed by atoms with E-state index in [2.05, 4.69) is 15.4 Å². The molecule has 0 aliphatic carbocycles. The first-order valence-corrected chi connectivity index (χ1v) is 9.81. The van der Waals surface area contributed by atoms with Crippen molar-refractivity contribution in [3.8, 4) is 0 Å². The number of nitrogens with zero attached hydrogens (tertiary/aromatic N) is 4. The summed E-state index contributed by atoms with van der Waals surface area (Å²) in [6.45, 7) is 2.58. The summed E-state index contributed by atoms with van der Waals surface area (Å²) < 4.78 is 16.8. The lowest BCUT2D eigenvalue weighted by molar-refractivity contribution is 0.0700. The van der Waals surface area contributed by atoms with Gasteiger partial charge >= 0.3 is 0 Å². The summed E-state index contributed by atoms with van der Waals surface area (Å²) in [5, 5.41) is 16.5. The van der Waals surface area contributed by atoms with Gasteiger partial charge in [0.15, 0.2) is 0 Å². The Hall–Kier alpha value is -4.05. The third-order valence-electron chi connectivity index (χ3n) is 5.39. The zero-order valence-electron chi connectivity index (χ0n) is 17.5. The summed E-state index contributed by atoms with van der Waals surface area (Å²) in [7, 11) is 1.82. The van der Waals surface area contributed by atoms with Gasteiger partial charge in [-0.2, -0.15) is 5.10 Å². The van der Waals surface area contributed by atoms with Gasteiger partial charge in [0.25, 0.3) is 11.8 Å². The number of hydroxylamine groups is 1. The van der Waals surface area contributed by atoms with Crippen LogP contribution in [-0.4, -0.2) is 36.4 Å². The van der Waals surface area contributed by atoms with Gasteiger partial charge in [-0.3, -0.25) is 19.5 Å². The third kappa shape index (κ3) is 4.08. The minimum Gasteiger partial charge on any atom is -0.348 e. The van der Waals surface area contributed by atoms with Crippen LogP contribution in [0.1, 0.15) is 37.7 Å². The molecule has 0 radical (unpaired) electrons. The summed E-state index contributed by atoms with van der Waals surface area (Å²) >= 11 is 0. The summed E-state index contributed by atoms with van der Waals surface area (Å²) in [6.07, 6.45) is 4.83. The lowest BCUT2D eigenvalue weighted by Crippen LogP contribution is -2.23. The largest absolute Gasteiger partial charge is 0.348 e. The molecule has 1 aromatic carbocycles. The fourth-order valence-electron chi connectivity index (χ4n) is 3.46. The van der Waals surface area contributed by atoms with Gasteiger partial charge in [-0.25, -0.2) is 14.9 Å². The van der Waals surface area contributed by atoms with Crippen LogP contribution >= 0.6 is 0 Å². The number of nitrogens with one attached hydrogen (secondary N) is 2. The zero-order valence-corrected chi connectivity index (χ0v) is 17.5. The van der Waals surface area contributed by atoms with E-state index in [4.69, 9.17) is 5.21 Å². The second-order valence-corrected chi connectivity index (χ2v) is 7.39. The molecule has 3 N–H and O–H groups in total. The average Bonchev–Trinajstić information content (AvgIpc) is 3.32. The Morgan fingerprint density at radius 3 is 2.56 bits per heavy atom. The number of carbonyl (C=O) groups excluding carboxylic acids is 2. The van der Waals surface area contributed by atoms with E-state index in [0.29, 0.717) is 23.0 Å². The number of pyridine rings is 1. The van der Waals surface area contributed by atoms with Gasteiger partial charge in [0.05, 0.1) is 23.5 Å². The van der Waals surface area contributed by atoms with E-state index in [1.807, 2.05) is 14.0 Å². The summed E-state index contributed by atoms with van der Waals surface area (Å²) in [5.74, 6) is -1.45. The molecule has 4 aromatic rings. The highest BCUT2D eigenvalue weighted by Crippen LogP contribution is 2.23. The molecule has 2 amide bonds. The first kappa shape index (κ1) is 21.2. The Balaban J connectivity index is 1.70. The molecule has 10 heteroatoms. The quantitative estimate of drug-likeness (QED) is 0.317. The van der Waals surface area contributed by atoms with Crippen LogP contribution < -0.4 is 10.8 Å². The number of halogens is 1. The highest BCUT2D eigenvalue weighted by Gasteiger charge is 2.19. The Bertz CT molecular complexity index is 1310. The summed E-state index contributed by atoms with van der Waals surface area (Å²) in [4.78, 5) is 29.0. The van der Waals surface area contributed by atoms with Gasteiger partial charge < -0.3 is 9.88 Å².